The molecule has 90 valence electrons. The summed E-state index contributed by atoms with van der Waals surface area (Å²) in [6.45, 7) is 2.67. The fraction of sp³-hybridized carbons (Fsp3) is 0.357. The first-order valence-electron chi connectivity index (χ1n) is 6.16. The van der Waals surface area contributed by atoms with Gasteiger partial charge < -0.3 is 10.7 Å². The molecule has 3 heteroatoms. The van der Waals surface area contributed by atoms with Gasteiger partial charge in [-0.05, 0) is 24.0 Å². The van der Waals surface area contributed by atoms with E-state index in [-0.39, 0.29) is 0 Å². The van der Waals surface area contributed by atoms with Crippen LogP contribution in [0.15, 0.2) is 30.5 Å². The lowest BCUT2D eigenvalue weighted by atomic mass is 10.1. The Labute approximate surface area is 102 Å². The van der Waals surface area contributed by atoms with Crippen molar-refractivity contribution in [3.8, 4) is 11.3 Å². The first-order chi connectivity index (χ1) is 8.33. The second kappa shape index (κ2) is 5.64. The van der Waals surface area contributed by atoms with Crippen molar-refractivity contribution < 1.29 is 0 Å². The highest BCUT2D eigenvalue weighted by Gasteiger charge is 2.02. The van der Waals surface area contributed by atoms with E-state index in [0.717, 1.165) is 23.5 Å². The zero-order valence-electron chi connectivity index (χ0n) is 10.2. The molecular formula is C14H19N3. The molecule has 0 bridgehead atoms. The second-order valence-corrected chi connectivity index (χ2v) is 4.25. The summed E-state index contributed by atoms with van der Waals surface area (Å²) in [5.74, 6) is 0.829. The van der Waals surface area contributed by atoms with Gasteiger partial charge in [-0.1, -0.05) is 37.6 Å². The van der Waals surface area contributed by atoms with Crippen molar-refractivity contribution in [2.24, 2.45) is 5.73 Å². The van der Waals surface area contributed by atoms with Crippen molar-refractivity contribution in [1.29, 1.82) is 0 Å². The molecule has 0 spiro atoms. The first-order valence-corrected chi connectivity index (χ1v) is 6.16. The molecule has 1 aromatic carbocycles. The van der Waals surface area contributed by atoms with E-state index in [2.05, 4.69) is 41.2 Å². The van der Waals surface area contributed by atoms with Crippen LogP contribution < -0.4 is 5.73 Å². The Kier molecular flexibility index (Phi) is 3.94. The number of unbranched alkanes of at least 4 members (excludes halogenated alkanes) is 1. The van der Waals surface area contributed by atoms with Crippen LogP contribution in [0.1, 0.15) is 31.2 Å². The van der Waals surface area contributed by atoms with Crippen molar-refractivity contribution in [3.63, 3.8) is 0 Å². The summed E-state index contributed by atoms with van der Waals surface area (Å²) < 4.78 is 0. The molecule has 2 aromatic rings. The molecule has 0 saturated heterocycles. The Morgan fingerprint density at radius 3 is 2.59 bits per heavy atom. The Morgan fingerprint density at radius 2 is 2.00 bits per heavy atom. The number of imidazole rings is 1. The van der Waals surface area contributed by atoms with Gasteiger partial charge in [0.15, 0.2) is 0 Å². The zero-order valence-corrected chi connectivity index (χ0v) is 10.2. The molecule has 3 N–H and O–H groups in total. The van der Waals surface area contributed by atoms with Gasteiger partial charge in [-0.2, -0.15) is 0 Å². The number of hydrogen-bond acceptors (Lipinski definition) is 2. The zero-order chi connectivity index (χ0) is 12.1. The average molecular weight is 229 g/mol. The number of H-pyrrole nitrogens is 1. The Morgan fingerprint density at radius 1 is 1.24 bits per heavy atom. The number of nitrogens with zero attached hydrogens (tertiary/aromatic N) is 1. The Balaban J connectivity index is 2.11. The number of nitrogens with one attached hydrogen (secondary N) is 1. The van der Waals surface area contributed by atoms with E-state index in [1.807, 2.05) is 6.20 Å². The van der Waals surface area contributed by atoms with Gasteiger partial charge in [-0.25, -0.2) is 4.98 Å². The number of rotatable bonds is 5. The van der Waals surface area contributed by atoms with E-state index >= 15 is 0 Å². The summed E-state index contributed by atoms with van der Waals surface area (Å²) >= 11 is 0. The molecule has 0 fully saturated rings. The molecule has 17 heavy (non-hydrogen) atoms. The van der Waals surface area contributed by atoms with Gasteiger partial charge in [0.25, 0.3) is 0 Å². The monoisotopic (exact) mass is 229 g/mol. The highest BCUT2D eigenvalue weighted by atomic mass is 14.9. The number of aryl methyl sites for hydroxylation is 1. The fourth-order valence-electron chi connectivity index (χ4n) is 1.84. The summed E-state index contributed by atoms with van der Waals surface area (Å²) in [5.41, 5.74) is 9.12. The number of hydrogen-bond donors (Lipinski definition) is 2. The van der Waals surface area contributed by atoms with Crippen molar-refractivity contribution >= 4 is 0 Å². The smallest absolute Gasteiger partial charge is 0.120 e. The van der Waals surface area contributed by atoms with Gasteiger partial charge in [0, 0.05) is 0 Å². The van der Waals surface area contributed by atoms with Gasteiger partial charge in [-0.15, -0.1) is 0 Å². The molecule has 1 aromatic heterocycles. The lowest BCUT2D eigenvalue weighted by Crippen LogP contribution is -1.97. The van der Waals surface area contributed by atoms with E-state index in [1.54, 1.807) is 0 Å². The van der Waals surface area contributed by atoms with E-state index < -0.39 is 0 Å². The minimum absolute atomic E-state index is 0.453. The third-order valence-corrected chi connectivity index (χ3v) is 2.91. The SMILES string of the molecule is CCCCc1ccc(-c2cnc(CN)[nH]2)cc1. The summed E-state index contributed by atoms with van der Waals surface area (Å²) in [6, 6.07) is 8.65. The van der Waals surface area contributed by atoms with E-state index in [0.29, 0.717) is 6.54 Å². The van der Waals surface area contributed by atoms with Gasteiger partial charge in [-0.3, -0.25) is 0 Å². The predicted octanol–water partition coefficient (Wildman–Crippen LogP) is 2.88. The molecule has 0 atom stereocenters. The van der Waals surface area contributed by atoms with Gasteiger partial charge in [0.2, 0.25) is 0 Å². The molecule has 0 aliphatic heterocycles. The average Bonchev–Trinajstić information content (AvgIpc) is 2.86. The van der Waals surface area contributed by atoms with Crippen LogP contribution in [-0.4, -0.2) is 9.97 Å². The Bertz CT molecular complexity index is 457. The van der Waals surface area contributed by atoms with Gasteiger partial charge in [0.05, 0.1) is 18.4 Å². The lowest BCUT2D eigenvalue weighted by molar-refractivity contribution is 0.795. The molecule has 0 aliphatic carbocycles. The number of aromatic amines is 1. The molecule has 0 aliphatic rings. The van der Waals surface area contributed by atoms with E-state index in [4.69, 9.17) is 5.73 Å². The van der Waals surface area contributed by atoms with E-state index in [9.17, 15) is 0 Å². The maximum absolute atomic E-state index is 5.53. The van der Waals surface area contributed by atoms with Crippen molar-refractivity contribution in [3.05, 3.63) is 41.9 Å². The largest absolute Gasteiger partial charge is 0.341 e. The maximum Gasteiger partial charge on any atom is 0.120 e. The topological polar surface area (TPSA) is 54.7 Å². The number of benzene rings is 1. The Hall–Kier alpha value is -1.61. The third kappa shape index (κ3) is 2.94. The fourth-order valence-corrected chi connectivity index (χ4v) is 1.84. The quantitative estimate of drug-likeness (QED) is 0.828. The normalized spacial score (nSPS) is 10.7. The molecule has 2 rings (SSSR count). The standard InChI is InChI=1S/C14H19N3/c1-2-3-4-11-5-7-12(8-6-11)13-10-16-14(9-15)17-13/h5-8,10H,2-4,9,15H2,1H3,(H,16,17). The van der Waals surface area contributed by atoms with Crippen LogP contribution in [0.4, 0.5) is 0 Å². The van der Waals surface area contributed by atoms with Crippen LogP contribution in [0.2, 0.25) is 0 Å². The molecule has 3 nitrogen and oxygen atoms in total. The van der Waals surface area contributed by atoms with Crippen LogP contribution in [0.25, 0.3) is 11.3 Å². The molecule has 0 radical (unpaired) electrons. The van der Waals surface area contributed by atoms with Crippen molar-refractivity contribution in [2.75, 3.05) is 0 Å². The van der Waals surface area contributed by atoms with Crippen LogP contribution >= 0.6 is 0 Å². The first kappa shape index (κ1) is 11.9. The minimum atomic E-state index is 0.453. The predicted molar refractivity (Wildman–Crippen MR) is 70.5 cm³/mol. The van der Waals surface area contributed by atoms with Gasteiger partial charge >= 0.3 is 0 Å². The molecule has 1 heterocycles. The summed E-state index contributed by atoms with van der Waals surface area (Å²) in [5, 5.41) is 0. The summed E-state index contributed by atoms with van der Waals surface area (Å²) in [4.78, 5) is 7.41. The highest BCUT2D eigenvalue weighted by molar-refractivity contribution is 5.58. The van der Waals surface area contributed by atoms with Crippen molar-refractivity contribution in [2.45, 2.75) is 32.7 Å². The van der Waals surface area contributed by atoms with Crippen LogP contribution in [0.5, 0.6) is 0 Å². The lowest BCUT2D eigenvalue weighted by Gasteiger charge is -2.02. The van der Waals surface area contributed by atoms with E-state index in [1.165, 1.54) is 18.4 Å². The number of nitrogens with two attached hydrogens (primary N) is 1. The minimum Gasteiger partial charge on any atom is -0.341 e. The molecule has 0 amide bonds. The summed E-state index contributed by atoms with van der Waals surface area (Å²) in [7, 11) is 0. The highest BCUT2D eigenvalue weighted by Crippen LogP contribution is 2.18. The third-order valence-electron chi connectivity index (χ3n) is 2.91. The molecule has 0 saturated carbocycles. The second-order valence-electron chi connectivity index (χ2n) is 4.25. The van der Waals surface area contributed by atoms with Crippen LogP contribution in [0, 0.1) is 0 Å². The maximum atomic E-state index is 5.53. The summed E-state index contributed by atoms with van der Waals surface area (Å²) in [6.07, 6.45) is 5.49. The van der Waals surface area contributed by atoms with Crippen molar-refractivity contribution in [1.82, 2.24) is 9.97 Å². The molecular weight excluding hydrogens is 210 g/mol. The molecule has 0 unspecified atom stereocenters. The number of aromatic nitrogens is 2. The van der Waals surface area contributed by atoms with Gasteiger partial charge in [0.1, 0.15) is 5.82 Å². The van der Waals surface area contributed by atoms with Crippen LogP contribution in [-0.2, 0) is 13.0 Å². The van der Waals surface area contributed by atoms with Crippen LogP contribution in [0.3, 0.4) is 0 Å².